The molecular weight excluding hydrogens is 178 g/mol. The fourth-order valence-corrected chi connectivity index (χ4v) is 1.78. The lowest BCUT2D eigenvalue weighted by Gasteiger charge is -2.35. The standard InChI is InChI=1S/C10H19N3O/c1-6(10(14)13-8-2-3-8)12-9-4-7(11)5-9/h6-9,12H,2-5,11H2,1H3,(H,13,14). The fourth-order valence-electron chi connectivity index (χ4n) is 1.78. The Morgan fingerprint density at radius 1 is 1.36 bits per heavy atom. The van der Waals surface area contributed by atoms with E-state index in [-0.39, 0.29) is 11.9 Å². The van der Waals surface area contributed by atoms with Crippen molar-refractivity contribution >= 4 is 5.91 Å². The quantitative estimate of drug-likeness (QED) is 0.581. The number of hydrogen-bond acceptors (Lipinski definition) is 3. The summed E-state index contributed by atoms with van der Waals surface area (Å²) in [5, 5.41) is 6.27. The highest BCUT2D eigenvalue weighted by atomic mass is 16.2. The Kier molecular flexibility index (Phi) is 2.74. The molecule has 1 unspecified atom stereocenters. The highest BCUT2D eigenvalue weighted by molar-refractivity contribution is 5.81. The Balaban J connectivity index is 1.66. The molecule has 1 amide bonds. The van der Waals surface area contributed by atoms with Gasteiger partial charge in [-0.05, 0) is 32.6 Å². The van der Waals surface area contributed by atoms with E-state index in [1.807, 2.05) is 6.92 Å². The van der Waals surface area contributed by atoms with Crippen molar-refractivity contribution in [3.05, 3.63) is 0 Å². The molecule has 0 aromatic heterocycles. The number of nitrogens with one attached hydrogen (secondary N) is 2. The number of carbonyl (C=O) groups excluding carboxylic acids is 1. The van der Waals surface area contributed by atoms with Gasteiger partial charge in [0.25, 0.3) is 0 Å². The van der Waals surface area contributed by atoms with Crippen LogP contribution in [0.4, 0.5) is 0 Å². The summed E-state index contributed by atoms with van der Waals surface area (Å²) >= 11 is 0. The molecule has 4 nitrogen and oxygen atoms in total. The van der Waals surface area contributed by atoms with Gasteiger partial charge in [-0.1, -0.05) is 0 Å². The summed E-state index contributed by atoms with van der Waals surface area (Å²) < 4.78 is 0. The minimum absolute atomic E-state index is 0.0758. The van der Waals surface area contributed by atoms with Crippen LogP contribution < -0.4 is 16.4 Å². The molecular formula is C10H19N3O. The van der Waals surface area contributed by atoms with Crippen LogP contribution in [0.5, 0.6) is 0 Å². The zero-order valence-electron chi connectivity index (χ0n) is 8.62. The molecule has 2 aliphatic carbocycles. The Hall–Kier alpha value is -0.610. The smallest absolute Gasteiger partial charge is 0.237 e. The maximum atomic E-state index is 11.5. The maximum absolute atomic E-state index is 11.5. The van der Waals surface area contributed by atoms with Gasteiger partial charge in [-0.3, -0.25) is 4.79 Å². The van der Waals surface area contributed by atoms with Crippen molar-refractivity contribution in [1.29, 1.82) is 0 Å². The number of amides is 1. The number of nitrogens with two attached hydrogens (primary N) is 1. The summed E-state index contributed by atoms with van der Waals surface area (Å²) in [6.07, 6.45) is 4.29. The van der Waals surface area contributed by atoms with E-state index < -0.39 is 0 Å². The molecule has 1 atom stereocenters. The summed E-state index contributed by atoms with van der Waals surface area (Å²) in [6.45, 7) is 1.92. The predicted octanol–water partition coefficient (Wildman–Crippen LogP) is -0.267. The maximum Gasteiger partial charge on any atom is 0.237 e. The van der Waals surface area contributed by atoms with E-state index in [0.717, 1.165) is 25.7 Å². The molecule has 2 rings (SSSR count). The Labute approximate surface area is 84.6 Å². The molecule has 2 fully saturated rings. The predicted molar refractivity (Wildman–Crippen MR) is 54.8 cm³/mol. The minimum Gasteiger partial charge on any atom is -0.352 e. The van der Waals surface area contributed by atoms with Crippen LogP contribution >= 0.6 is 0 Å². The molecule has 0 saturated heterocycles. The average Bonchev–Trinajstić information content (AvgIpc) is 2.85. The third-order valence-corrected chi connectivity index (χ3v) is 2.98. The summed E-state index contributed by atoms with van der Waals surface area (Å²) in [7, 11) is 0. The first-order valence-electron chi connectivity index (χ1n) is 5.47. The highest BCUT2D eigenvalue weighted by Crippen LogP contribution is 2.20. The van der Waals surface area contributed by atoms with Gasteiger partial charge in [-0.25, -0.2) is 0 Å². The lowest BCUT2D eigenvalue weighted by Crippen LogP contribution is -2.54. The van der Waals surface area contributed by atoms with Gasteiger partial charge in [-0.15, -0.1) is 0 Å². The van der Waals surface area contributed by atoms with Crippen LogP contribution in [0.1, 0.15) is 32.6 Å². The summed E-state index contributed by atoms with van der Waals surface area (Å²) in [6, 6.07) is 1.17. The molecule has 80 valence electrons. The Morgan fingerprint density at radius 2 is 2.00 bits per heavy atom. The van der Waals surface area contributed by atoms with Gasteiger partial charge in [0.15, 0.2) is 0 Å². The van der Waals surface area contributed by atoms with Crippen molar-refractivity contribution in [1.82, 2.24) is 10.6 Å². The Bertz CT molecular complexity index is 221. The van der Waals surface area contributed by atoms with E-state index in [4.69, 9.17) is 5.73 Å². The first-order valence-corrected chi connectivity index (χ1v) is 5.47. The van der Waals surface area contributed by atoms with E-state index in [1.165, 1.54) is 0 Å². The highest BCUT2D eigenvalue weighted by Gasteiger charge is 2.30. The molecule has 0 aromatic rings. The van der Waals surface area contributed by atoms with Crippen molar-refractivity contribution in [2.45, 2.75) is 56.8 Å². The second-order valence-electron chi connectivity index (χ2n) is 4.60. The fraction of sp³-hybridized carbons (Fsp3) is 0.900. The molecule has 0 spiro atoms. The third kappa shape index (κ3) is 2.45. The molecule has 0 heterocycles. The van der Waals surface area contributed by atoms with Gasteiger partial charge in [0.05, 0.1) is 6.04 Å². The number of hydrogen-bond donors (Lipinski definition) is 3. The van der Waals surface area contributed by atoms with Crippen LogP contribution in [0.3, 0.4) is 0 Å². The van der Waals surface area contributed by atoms with E-state index in [2.05, 4.69) is 10.6 Å². The zero-order valence-corrected chi connectivity index (χ0v) is 8.62. The van der Waals surface area contributed by atoms with Crippen molar-refractivity contribution in [2.75, 3.05) is 0 Å². The lowest BCUT2D eigenvalue weighted by atomic mass is 9.87. The van der Waals surface area contributed by atoms with Crippen LogP contribution in [-0.2, 0) is 4.79 Å². The van der Waals surface area contributed by atoms with Crippen molar-refractivity contribution in [2.24, 2.45) is 5.73 Å². The molecule has 4 N–H and O–H groups in total. The van der Waals surface area contributed by atoms with E-state index in [9.17, 15) is 4.79 Å². The van der Waals surface area contributed by atoms with Crippen LogP contribution in [-0.4, -0.2) is 30.1 Å². The number of rotatable bonds is 4. The second-order valence-corrected chi connectivity index (χ2v) is 4.60. The van der Waals surface area contributed by atoms with Crippen LogP contribution in [0.2, 0.25) is 0 Å². The van der Waals surface area contributed by atoms with Gasteiger partial charge >= 0.3 is 0 Å². The normalized spacial score (nSPS) is 33.3. The molecule has 0 aromatic carbocycles. The first-order chi connectivity index (χ1) is 6.65. The van der Waals surface area contributed by atoms with Gasteiger partial charge in [0.2, 0.25) is 5.91 Å². The lowest BCUT2D eigenvalue weighted by molar-refractivity contribution is -0.123. The molecule has 0 bridgehead atoms. The average molecular weight is 197 g/mol. The van der Waals surface area contributed by atoms with Gasteiger partial charge < -0.3 is 16.4 Å². The van der Waals surface area contributed by atoms with Crippen LogP contribution in [0.25, 0.3) is 0 Å². The second kappa shape index (κ2) is 3.87. The van der Waals surface area contributed by atoms with Crippen LogP contribution in [0.15, 0.2) is 0 Å². The first kappa shape index (κ1) is 9.93. The minimum atomic E-state index is -0.0758. The molecule has 14 heavy (non-hydrogen) atoms. The summed E-state index contributed by atoms with van der Waals surface area (Å²) in [5.41, 5.74) is 5.67. The molecule has 4 heteroatoms. The van der Waals surface area contributed by atoms with E-state index in [1.54, 1.807) is 0 Å². The van der Waals surface area contributed by atoms with Gasteiger partial charge in [-0.2, -0.15) is 0 Å². The largest absolute Gasteiger partial charge is 0.352 e. The molecule has 0 aliphatic heterocycles. The molecule has 0 radical (unpaired) electrons. The summed E-state index contributed by atoms with van der Waals surface area (Å²) in [4.78, 5) is 11.5. The Morgan fingerprint density at radius 3 is 2.50 bits per heavy atom. The molecule has 2 saturated carbocycles. The van der Waals surface area contributed by atoms with Gasteiger partial charge in [0, 0.05) is 18.1 Å². The molecule has 2 aliphatic rings. The van der Waals surface area contributed by atoms with Crippen molar-refractivity contribution in [3.63, 3.8) is 0 Å². The zero-order chi connectivity index (χ0) is 10.1. The summed E-state index contributed by atoms with van der Waals surface area (Å²) in [5.74, 6) is 0.132. The SMILES string of the molecule is CC(NC1CC(N)C1)C(=O)NC1CC1. The van der Waals surface area contributed by atoms with E-state index >= 15 is 0 Å². The van der Waals surface area contributed by atoms with Gasteiger partial charge in [0.1, 0.15) is 0 Å². The van der Waals surface area contributed by atoms with E-state index in [0.29, 0.717) is 18.1 Å². The van der Waals surface area contributed by atoms with Crippen molar-refractivity contribution in [3.8, 4) is 0 Å². The van der Waals surface area contributed by atoms with Crippen molar-refractivity contribution < 1.29 is 4.79 Å². The topological polar surface area (TPSA) is 67.1 Å². The third-order valence-electron chi connectivity index (χ3n) is 2.98. The monoisotopic (exact) mass is 197 g/mol. The number of carbonyl (C=O) groups is 1. The van der Waals surface area contributed by atoms with Crippen LogP contribution in [0, 0.1) is 0 Å².